The second-order valence-electron chi connectivity index (χ2n) is 4.20. The van der Waals surface area contributed by atoms with E-state index >= 15 is 0 Å². The van der Waals surface area contributed by atoms with E-state index in [2.05, 4.69) is 0 Å². The Labute approximate surface area is 120 Å². The lowest BCUT2D eigenvalue weighted by atomic mass is 9.85. The van der Waals surface area contributed by atoms with Crippen LogP contribution in [0.25, 0.3) is 0 Å². The van der Waals surface area contributed by atoms with Crippen molar-refractivity contribution in [2.75, 3.05) is 5.73 Å². The standard InChI is InChI=1S/C14H12F3NO.ClH/c15-14(16,17)13(19,10-4-2-1-3-5-10)11-6-8-12(18)9-7-11;/h1-9,19H,18H2;1H. The van der Waals surface area contributed by atoms with Crippen molar-refractivity contribution >= 4 is 18.1 Å². The molecule has 0 aliphatic heterocycles. The molecule has 0 aromatic heterocycles. The molecule has 20 heavy (non-hydrogen) atoms. The van der Waals surface area contributed by atoms with Gasteiger partial charge in [-0.25, -0.2) is 0 Å². The first-order valence-electron chi connectivity index (χ1n) is 5.56. The lowest BCUT2D eigenvalue weighted by Gasteiger charge is -2.31. The summed E-state index contributed by atoms with van der Waals surface area (Å²) in [6.07, 6.45) is -4.83. The maximum Gasteiger partial charge on any atom is 0.425 e. The van der Waals surface area contributed by atoms with E-state index in [1.807, 2.05) is 0 Å². The van der Waals surface area contributed by atoms with Gasteiger partial charge in [0.2, 0.25) is 5.60 Å². The Morgan fingerprint density at radius 3 is 1.70 bits per heavy atom. The predicted molar refractivity (Wildman–Crippen MR) is 73.6 cm³/mol. The summed E-state index contributed by atoms with van der Waals surface area (Å²) in [4.78, 5) is 0. The van der Waals surface area contributed by atoms with Crippen LogP contribution >= 0.6 is 12.4 Å². The summed E-state index contributed by atoms with van der Waals surface area (Å²) < 4.78 is 39.9. The Balaban J connectivity index is 0.00000200. The van der Waals surface area contributed by atoms with Crippen LogP contribution in [0.5, 0.6) is 0 Å². The lowest BCUT2D eigenvalue weighted by molar-refractivity contribution is -0.248. The molecule has 0 saturated carbocycles. The van der Waals surface area contributed by atoms with Crippen LogP contribution in [0.3, 0.4) is 0 Å². The van der Waals surface area contributed by atoms with Gasteiger partial charge < -0.3 is 10.8 Å². The van der Waals surface area contributed by atoms with E-state index in [0.29, 0.717) is 5.69 Å². The van der Waals surface area contributed by atoms with Crippen molar-refractivity contribution in [3.8, 4) is 0 Å². The van der Waals surface area contributed by atoms with Crippen molar-refractivity contribution in [3.05, 3.63) is 65.7 Å². The summed E-state index contributed by atoms with van der Waals surface area (Å²) in [5.74, 6) is 0. The lowest BCUT2D eigenvalue weighted by Crippen LogP contribution is -2.43. The molecule has 0 aliphatic rings. The SMILES string of the molecule is Cl.Nc1ccc(C(O)(c2ccccc2)C(F)(F)F)cc1. The van der Waals surface area contributed by atoms with Gasteiger partial charge in [-0.3, -0.25) is 0 Å². The van der Waals surface area contributed by atoms with Crippen molar-refractivity contribution in [2.24, 2.45) is 0 Å². The molecule has 1 unspecified atom stereocenters. The van der Waals surface area contributed by atoms with E-state index in [1.165, 1.54) is 48.5 Å². The van der Waals surface area contributed by atoms with E-state index in [9.17, 15) is 18.3 Å². The molecule has 0 bridgehead atoms. The van der Waals surface area contributed by atoms with Crippen LogP contribution < -0.4 is 5.73 Å². The smallest absolute Gasteiger partial charge is 0.399 e. The highest BCUT2D eigenvalue weighted by atomic mass is 35.5. The molecule has 0 aliphatic carbocycles. The first-order chi connectivity index (χ1) is 8.85. The summed E-state index contributed by atoms with van der Waals surface area (Å²) in [7, 11) is 0. The van der Waals surface area contributed by atoms with Crippen LogP contribution in [0.15, 0.2) is 54.6 Å². The van der Waals surface area contributed by atoms with Gasteiger partial charge in [-0.2, -0.15) is 13.2 Å². The molecule has 0 amide bonds. The monoisotopic (exact) mass is 303 g/mol. The number of benzene rings is 2. The van der Waals surface area contributed by atoms with E-state index in [1.54, 1.807) is 6.07 Å². The molecule has 1 atom stereocenters. The Morgan fingerprint density at radius 1 is 0.800 bits per heavy atom. The van der Waals surface area contributed by atoms with Gasteiger partial charge in [0.1, 0.15) is 0 Å². The number of rotatable bonds is 2. The fourth-order valence-electron chi connectivity index (χ4n) is 1.90. The number of alkyl halides is 3. The van der Waals surface area contributed by atoms with Gasteiger partial charge in [0.05, 0.1) is 0 Å². The quantitative estimate of drug-likeness (QED) is 0.834. The van der Waals surface area contributed by atoms with Gasteiger partial charge in [0.25, 0.3) is 0 Å². The first-order valence-corrected chi connectivity index (χ1v) is 5.56. The van der Waals surface area contributed by atoms with E-state index in [0.717, 1.165) is 0 Å². The Hall–Kier alpha value is -1.72. The zero-order valence-corrected chi connectivity index (χ0v) is 11.1. The van der Waals surface area contributed by atoms with Crippen molar-refractivity contribution in [3.63, 3.8) is 0 Å². The Morgan fingerprint density at radius 2 is 1.25 bits per heavy atom. The molecular weight excluding hydrogens is 291 g/mol. The molecule has 6 heteroatoms. The summed E-state index contributed by atoms with van der Waals surface area (Å²) in [6, 6.07) is 12.0. The van der Waals surface area contributed by atoms with Crippen LogP contribution in [0.4, 0.5) is 18.9 Å². The average molecular weight is 304 g/mol. The molecule has 0 radical (unpaired) electrons. The third-order valence-corrected chi connectivity index (χ3v) is 2.93. The number of aliphatic hydroxyl groups is 1. The molecule has 0 saturated heterocycles. The van der Waals surface area contributed by atoms with Crippen LogP contribution in [0.1, 0.15) is 11.1 Å². The molecular formula is C14H13ClF3NO. The maximum absolute atomic E-state index is 13.3. The minimum Gasteiger partial charge on any atom is -0.399 e. The highest BCUT2D eigenvalue weighted by Crippen LogP contribution is 2.44. The summed E-state index contributed by atoms with van der Waals surface area (Å²) in [6.45, 7) is 0. The van der Waals surface area contributed by atoms with E-state index < -0.39 is 11.8 Å². The highest BCUT2D eigenvalue weighted by Gasteiger charge is 2.56. The fourth-order valence-corrected chi connectivity index (χ4v) is 1.90. The summed E-state index contributed by atoms with van der Waals surface area (Å²) in [5.41, 5.74) is 2.26. The van der Waals surface area contributed by atoms with Crippen LogP contribution in [-0.2, 0) is 5.60 Å². The second-order valence-corrected chi connectivity index (χ2v) is 4.20. The zero-order chi connectivity index (χ0) is 14.1. The average Bonchev–Trinajstić information content (AvgIpc) is 2.38. The minimum absolute atomic E-state index is 0. The van der Waals surface area contributed by atoms with Crippen molar-refractivity contribution in [1.82, 2.24) is 0 Å². The highest BCUT2D eigenvalue weighted by molar-refractivity contribution is 5.85. The second kappa shape index (κ2) is 5.73. The number of anilines is 1. The van der Waals surface area contributed by atoms with Gasteiger partial charge in [0, 0.05) is 5.69 Å². The van der Waals surface area contributed by atoms with Crippen molar-refractivity contribution in [2.45, 2.75) is 11.8 Å². The molecule has 0 spiro atoms. The van der Waals surface area contributed by atoms with Gasteiger partial charge in [0.15, 0.2) is 0 Å². The fraction of sp³-hybridized carbons (Fsp3) is 0.143. The molecule has 0 fully saturated rings. The largest absolute Gasteiger partial charge is 0.425 e. The first kappa shape index (κ1) is 16.3. The van der Waals surface area contributed by atoms with Gasteiger partial charge in [-0.15, -0.1) is 12.4 Å². The van der Waals surface area contributed by atoms with Crippen molar-refractivity contribution in [1.29, 1.82) is 0 Å². The molecule has 2 aromatic carbocycles. The molecule has 2 rings (SSSR count). The van der Waals surface area contributed by atoms with Crippen LogP contribution in [-0.4, -0.2) is 11.3 Å². The van der Waals surface area contributed by atoms with E-state index in [-0.39, 0.29) is 23.5 Å². The third kappa shape index (κ3) is 2.73. The molecule has 2 nitrogen and oxygen atoms in total. The number of nitrogens with two attached hydrogens (primary N) is 1. The number of hydrogen-bond donors (Lipinski definition) is 2. The Kier molecular flexibility index (Phi) is 4.68. The third-order valence-electron chi connectivity index (χ3n) is 2.93. The molecule has 0 heterocycles. The summed E-state index contributed by atoms with van der Waals surface area (Å²) >= 11 is 0. The van der Waals surface area contributed by atoms with Gasteiger partial charge in [-0.05, 0) is 23.3 Å². The normalized spacial score (nSPS) is 14.2. The van der Waals surface area contributed by atoms with Gasteiger partial charge >= 0.3 is 6.18 Å². The zero-order valence-electron chi connectivity index (χ0n) is 10.3. The number of halogens is 4. The number of hydrogen-bond acceptors (Lipinski definition) is 2. The van der Waals surface area contributed by atoms with Crippen LogP contribution in [0, 0.1) is 0 Å². The van der Waals surface area contributed by atoms with Crippen molar-refractivity contribution < 1.29 is 18.3 Å². The topological polar surface area (TPSA) is 46.2 Å². The van der Waals surface area contributed by atoms with Crippen LogP contribution in [0.2, 0.25) is 0 Å². The van der Waals surface area contributed by atoms with Gasteiger partial charge in [-0.1, -0.05) is 42.5 Å². The predicted octanol–water partition coefficient (Wildman–Crippen LogP) is 3.49. The Bertz CT molecular complexity index is 557. The molecule has 3 N–H and O–H groups in total. The number of nitrogen functional groups attached to an aromatic ring is 1. The molecule has 108 valence electrons. The molecule has 2 aromatic rings. The minimum atomic E-state index is -4.83. The van der Waals surface area contributed by atoms with E-state index in [4.69, 9.17) is 5.73 Å². The maximum atomic E-state index is 13.3. The summed E-state index contributed by atoms with van der Waals surface area (Å²) in [5, 5.41) is 10.2.